The van der Waals surface area contributed by atoms with Gasteiger partial charge in [0.25, 0.3) is 0 Å². The Bertz CT molecular complexity index is 785. The number of hydrogen-bond donors (Lipinski definition) is 1. The lowest BCUT2D eigenvalue weighted by molar-refractivity contribution is 0.122. The molecule has 6 nitrogen and oxygen atoms in total. The zero-order valence-corrected chi connectivity index (χ0v) is 13.9. The summed E-state index contributed by atoms with van der Waals surface area (Å²) in [7, 11) is 0. The summed E-state index contributed by atoms with van der Waals surface area (Å²) in [6, 6.07) is 9.90. The highest BCUT2D eigenvalue weighted by Crippen LogP contribution is 2.23. The van der Waals surface area contributed by atoms with Gasteiger partial charge in [-0.3, -0.25) is 0 Å². The van der Waals surface area contributed by atoms with E-state index in [1.165, 1.54) is 0 Å². The molecule has 1 aliphatic heterocycles. The van der Waals surface area contributed by atoms with Gasteiger partial charge >= 0.3 is 0 Å². The second-order valence-electron chi connectivity index (χ2n) is 5.37. The fourth-order valence-corrected chi connectivity index (χ4v) is 3.18. The van der Waals surface area contributed by atoms with Gasteiger partial charge in [0, 0.05) is 24.7 Å². The number of aromatic nitrogens is 3. The van der Waals surface area contributed by atoms with Crippen LogP contribution in [0, 0.1) is 0 Å². The molecular weight excluding hydrogens is 322 g/mol. The van der Waals surface area contributed by atoms with E-state index >= 15 is 0 Å². The maximum Gasteiger partial charge on any atom is 0.141 e. The number of nitrogens with one attached hydrogen (secondary N) is 1. The summed E-state index contributed by atoms with van der Waals surface area (Å²) in [6.45, 7) is 3.36. The molecule has 0 bridgehead atoms. The molecule has 0 atom stereocenters. The minimum Gasteiger partial charge on any atom is -0.378 e. The van der Waals surface area contributed by atoms with Crippen molar-refractivity contribution >= 4 is 28.7 Å². The van der Waals surface area contributed by atoms with Crippen LogP contribution in [-0.4, -0.2) is 41.3 Å². The van der Waals surface area contributed by atoms with Crippen LogP contribution in [0.1, 0.15) is 0 Å². The average molecular weight is 339 g/mol. The van der Waals surface area contributed by atoms with Crippen molar-refractivity contribution in [1.29, 1.82) is 0 Å². The Morgan fingerprint density at radius 1 is 1.04 bits per heavy atom. The molecule has 0 spiro atoms. The fraction of sp³-hybridized carbons (Fsp3) is 0.235. The summed E-state index contributed by atoms with van der Waals surface area (Å²) < 4.78 is 5.38. The zero-order chi connectivity index (χ0) is 16.2. The summed E-state index contributed by atoms with van der Waals surface area (Å²) >= 11 is 1.58. The normalized spacial score (nSPS) is 14.6. The molecule has 0 aliphatic carbocycles. The minimum absolute atomic E-state index is 0.759. The molecule has 122 valence electrons. The SMILES string of the molecule is c1cc(Nc2ccc(N3CCOCC3)cn2)nc(-c2nccs2)c1. The Balaban J connectivity index is 1.48. The molecule has 1 saturated heterocycles. The molecule has 4 rings (SSSR count). The van der Waals surface area contributed by atoms with Gasteiger partial charge in [-0.25, -0.2) is 15.0 Å². The van der Waals surface area contributed by atoms with Crippen LogP contribution in [0.25, 0.3) is 10.7 Å². The van der Waals surface area contributed by atoms with Gasteiger partial charge in [0.1, 0.15) is 22.3 Å². The van der Waals surface area contributed by atoms with Crippen LogP contribution in [0.5, 0.6) is 0 Å². The van der Waals surface area contributed by atoms with Crippen LogP contribution >= 0.6 is 11.3 Å². The van der Waals surface area contributed by atoms with Gasteiger partial charge in [-0.1, -0.05) is 6.07 Å². The smallest absolute Gasteiger partial charge is 0.141 e. The number of morpholine rings is 1. The van der Waals surface area contributed by atoms with Crippen molar-refractivity contribution in [1.82, 2.24) is 15.0 Å². The minimum atomic E-state index is 0.759. The van der Waals surface area contributed by atoms with Crippen molar-refractivity contribution in [3.63, 3.8) is 0 Å². The van der Waals surface area contributed by atoms with Gasteiger partial charge in [-0.15, -0.1) is 11.3 Å². The van der Waals surface area contributed by atoms with Gasteiger partial charge in [-0.2, -0.15) is 0 Å². The molecule has 1 fully saturated rings. The van der Waals surface area contributed by atoms with Gasteiger partial charge in [0.2, 0.25) is 0 Å². The largest absolute Gasteiger partial charge is 0.378 e. The van der Waals surface area contributed by atoms with Crippen LogP contribution in [0.2, 0.25) is 0 Å². The topological polar surface area (TPSA) is 63.2 Å². The second kappa shape index (κ2) is 6.94. The van der Waals surface area contributed by atoms with Crippen LogP contribution in [-0.2, 0) is 4.74 Å². The first-order valence-electron chi connectivity index (χ1n) is 7.81. The van der Waals surface area contributed by atoms with Crippen molar-refractivity contribution < 1.29 is 4.74 Å². The summed E-state index contributed by atoms with van der Waals surface area (Å²) in [5, 5.41) is 6.11. The van der Waals surface area contributed by atoms with Crippen molar-refractivity contribution in [2.45, 2.75) is 0 Å². The highest BCUT2D eigenvalue weighted by molar-refractivity contribution is 7.13. The third-order valence-corrected chi connectivity index (χ3v) is 4.58. The first-order chi connectivity index (χ1) is 11.9. The highest BCUT2D eigenvalue weighted by Gasteiger charge is 2.11. The molecule has 3 aromatic rings. The van der Waals surface area contributed by atoms with E-state index in [1.54, 1.807) is 17.5 Å². The Kier molecular flexibility index (Phi) is 4.35. The van der Waals surface area contributed by atoms with E-state index in [0.717, 1.165) is 54.3 Å². The summed E-state index contributed by atoms with van der Waals surface area (Å²) in [4.78, 5) is 15.7. The molecule has 0 amide bonds. The van der Waals surface area contributed by atoms with Crippen molar-refractivity contribution in [2.75, 3.05) is 36.5 Å². The van der Waals surface area contributed by atoms with Crippen LogP contribution < -0.4 is 10.2 Å². The molecule has 0 unspecified atom stereocenters. The van der Waals surface area contributed by atoms with Crippen LogP contribution in [0.3, 0.4) is 0 Å². The molecule has 1 N–H and O–H groups in total. The molecule has 0 aromatic carbocycles. The predicted molar refractivity (Wildman–Crippen MR) is 95.9 cm³/mol. The standard InChI is InChI=1S/C17H17N5OS/c1-2-14(17-18-6-11-24-17)20-16(3-1)21-15-5-4-13(12-19-15)22-7-9-23-10-8-22/h1-6,11-12H,7-10H2,(H,19,20,21). The Morgan fingerprint density at radius 3 is 2.71 bits per heavy atom. The highest BCUT2D eigenvalue weighted by atomic mass is 32.1. The van der Waals surface area contributed by atoms with E-state index in [0.29, 0.717) is 0 Å². The number of nitrogens with zero attached hydrogens (tertiary/aromatic N) is 4. The average Bonchev–Trinajstić information content (AvgIpc) is 3.18. The maximum atomic E-state index is 5.38. The number of anilines is 3. The predicted octanol–water partition coefficient (Wildman–Crippen LogP) is 3.18. The monoisotopic (exact) mass is 339 g/mol. The van der Waals surface area contributed by atoms with Crippen LogP contribution in [0.15, 0.2) is 48.1 Å². The molecule has 3 aromatic heterocycles. The van der Waals surface area contributed by atoms with Crippen molar-refractivity contribution in [3.05, 3.63) is 48.1 Å². The first-order valence-corrected chi connectivity index (χ1v) is 8.69. The van der Waals surface area contributed by atoms with Gasteiger partial charge in [-0.05, 0) is 24.3 Å². The second-order valence-corrected chi connectivity index (χ2v) is 6.27. The molecule has 0 saturated carbocycles. The molecular formula is C17H17N5OS. The fourth-order valence-electron chi connectivity index (χ4n) is 2.57. The summed E-state index contributed by atoms with van der Waals surface area (Å²) in [5.41, 5.74) is 1.98. The molecule has 7 heteroatoms. The lowest BCUT2D eigenvalue weighted by atomic mass is 10.3. The number of rotatable bonds is 4. The van der Waals surface area contributed by atoms with E-state index in [2.05, 4.69) is 31.2 Å². The maximum absolute atomic E-state index is 5.38. The van der Waals surface area contributed by atoms with E-state index in [-0.39, 0.29) is 0 Å². The number of hydrogen-bond acceptors (Lipinski definition) is 7. The molecule has 4 heterocycles. The van der Waals surface area contributed by atoms with Crippen molar-refractivity contribution in [3.8, 4) is 10.7 Å². The number of ether oxygens (including phenoxy) is 1. The van der Waals surface area contributed by atoms with E-state index in [9.17, 15) is 0 Å². The third kappa shape index (κ3) is 3.37. The number of pyridine rings is 2. The summed E-state index contributed by atoms with van der Waals surface area (Å²) in [6.07, 6.45) is 3.67. The first kappa shape index (κ1) is 15.0. The molecule has 1 aliphatic rings. The third-order valence-electron chi connectivity index (χ3n) is 3.78. The quantitative estimate of drug-likeness (QED) is 0.788. The van der Waals surface area contributed by atoms with E-state index < -0.39 is 0 Å². The molecule has 0 radical (unpaired) electrons. The Labute approximate surface area is 144 Å². The Morgan fingerprint density at radius 2 is 1.96 bits per heavy atom. The number of thiazole rings is 1. The lowest BCUT2D eigenvalue weighted by Gasteiger charge is -2.28. The van der Waals surface area contributed by atoms with E-state index in [4.69, 9.17) is 4.74 Å². The van der Waals surface area contributed by atoms with Gasteiger partial charge in [0.15, 0.2) is 0 Å². The van der Waals surface area contributed by atoms with Crippen LogP contribution in [0.4, 0.5) is 17.3 Å². The lowest BCUT2D eigenvalue weighted by Crippen LogP contribution is -2.36. The Hall–Kier alpha value is -2.51. The zero-order valence-electron chi connectivity index (χ0n) is 13.1. The van der Waals surface area contributed by atoms with E-state index in [1.807, 2.05) is 35.8 Å². The molecule has 24 heavy (non-hydrogen) atoms. The van der Waals surface area contributed by atoms with Gasteiger partial charge < -0.3 is 15.0 Å². The van der Waals surface area contributed by atoms with Gasteiger partial charge in [0.05, 0.1) is 25.1 Å². The summed E-state index contributed by atoms with van der Waals surface area (Å²) in [5.74, 6) is 1.53. The van der Waals surface area contributed by atoms with Crippen molar-refractivity contribution in [2.24, 2.45) is 0 Å².